The summed E-state index contributed by atoms with van der Waals surface area (Å²) in [6, 6.07) is 6.06. The molecule has 0 aliphatic carbocycles. The molecule has 0 unspecified atom stereocenters. The molecule has 1 fully saturated rings. The van der Waals surface area contributed by atoms with Crippen LogP contribution in [0.2, 0.25) is 0 Å². The van der Waals surface area contributed by atoms with E-state index < -0.39 is 5.41 Å². The highest BCUT2D eigenvalue weighted by atomic mass is 16.2. The van der Waals surface area contributed by atoms with Gasteiger partial charge in [-0.3, -0.25) is 14.6 Å². The zero-order chi connectivity index (χ0) is 20.1. The minimum atomic E-state index is -0.456. The van der Waals surface area contributed by atoms with Crippen LogP contribution >= 0.6 is 0 Å². The molecule has 2 amide bonds. The van der Waals surface area contributed by atoms with Crippen molar-refractivity contribution in [1.82, 2.24) is 10.3 Å². The van der Waals surface area contributed by atoms with Gasteiger partial charge in [-0.15, -0.1) is 0 Å². The van der Waals surface area contributed by atoms with Crippen molar-refractivity contribution in [2.24, 2.45) is 5.41 Å². The zero-order valence-corrected chi connectivity index (χ0v) is 17.0. The molecule has 28 heavy (non-hydrogen) atoms. The van der Waals surface area contributed by atoms with Crippen molar-refractivity contribution in [3.8, 4) is 0 Å². The zero-order valence-electron chi connectivity index (χ0n) is 17.0. The van der Waals surface area contributed by atoms with Crippen molar-refractivity contribution in [2.45, 2.75) is 46.5 Å². The quantitative estimate of drug-likeness (QED) is 0.827. The van der Waals surface area contributed by atoms with Crippen LogP contribution in [0.4, 0.5) is 11.4 Å². The number of rotatable bonds is 5. The largest absolute Gasteiger partial charge is 0.371 e. The number of carbonyl (C=O) groups is 2. The number of pyridine rings is 1. The third-order valence-electron chi connectivity index (χ3n) is 5.08. The van der Waals surface area contributed by atoms with Gasteiger partial charge in [-0.05, 0) is 37.5 Å². The summed E-state index contributed by atoms with van der Waals surface area (Å²) >= 11 is 0. The molecule has 1 aliphatic rings. The molecular formula is C22H30N4O2. The van der Waals surface area contributed by atoms with Crippen LogP contribution in [-0.4, -0.2) is 36.4 Å². The van der Waals surface area contributed by atoms with E-state index in [1.54, 1.807) is 12.4 Å². The highest BCUT2D eigenvalue weighted by Crippen LogP contribution is 2.33. The Kier molecular flexibility index (Phi) is 6.17. The van der Waals surface area contributed by atoms with Crippen LogP contribution in [0.1, 0.15) is 46.5 Å². The summed E-state index contributed by atoms with van der Waals surface area (Å²) in [5, 5.41) is 7.84. The van der Waals surface area contributed by atoms with Crippen LogP contribution in [0, 0.1) is 5.41 Å². The predicted molar refractivity (Wildman–Crippen MR) is 114 cm³/mol. The standard InChI is InChI=1S/C22H30N4O2/c1-22(2,3)21(28)24-12-10-20(27)25-18-7-8-19(26-13-5-4-6-14-26)16-9-11-23-15-17(16)18/h7-9,11,15H,4-6,10,12-14H2,1-3H3,(H,24,28)(H,25,27). The van der Waals surface area contributed by atoms with Crippen molar-refractivity contribution in [2.75, 3.05) is 29.9 Å². The Morgan fingerprint density at radius 2 is 1.82 bits per heavy atom. The summed E-state index contributed by atoms with van der Waals surface area (Å²) in [6.07, 6.45) is 7.55. The molecule has 2 N–H and O–H groups in total. The molecule has 6 heteroatoms. The van der Waals surface area contributed by atoms with E-state index >= 15 is 0 Å². The summed E-state index contributed by atoms with van der Waals surface area (Å²) in [5.41, 5.74) is 1.51. The molecule has 1 saturated heterocycles. The molecule has 0 radical (unpaired) electrons. The van der Waals surface area contributed by atoms with Crippen LogP contribution in [-0.2, 0) is 9.59 Å². The second-order valence-electron chi connectivity index (χ2n) is 8.41. The number of amides is 2. The number of carbonyl (C=O) groups excluding carboxylic acids is 2. The minimum absolute atomic E-state index is 0.0548. The van der Waals surface area contributed by atoms with Gasteiger partial charge in [0.1, 0.15) is 0 Å². The first-order valence-electron chi connectivity index (χ1n) is 10.1. The lowest BCUT2D eigenvalue weighted by Crippen LogP contribution is -2.36. The molecule has 1 aliphatic heterocycles. The molecule has 0 saturated carbocycles. The van der Waals surface area contributed by atoms with Crippen molar-refractivity contribution in [1.29, 1.82) is 0 Å². The van der Waals surface area contributed by atoms with Gasteiger partial charge in [-0.2, -0.15) is 0 Å². The van der Waals surface area contributed by atoms with E-state index in [9.17, 15) is 9.59 Å². The average Bonchev–Trinajstić information content (AvgIpc) is 2.68. The SMILES string of the molecule is CC(C)(C)C(=O)NCCC(=O)Nc1ccc(N2CCCCC2)c2ccncc12. The fraction of sp³-hybridized carbons (Fsp3) is 0.500. The number of nitrogens with zero attached hydrogens (tertiary/aromatic N) is 2. The van der Waals surface area contributed by atoms with Crippen molar-refractivity contribution < 1.29 is 9.59 Å². The molecule has 2 heterocycles. The van der Waals surface area contributed by atoms with E-state index in [2.05, 4.69) is 26.6 Å². The lowest BCUT2D eigenvalue weighted by molar-refractivity contribution is -0.128. The molecule has 1 aromatic heterocycles. The first-order chi connectivity index (χ1) is 13.4. The third-order valence-corrected chi connectivity index (χ3v) is 5.08. The summed E-state index contributed by atoms with van der Waals surface area (Å²) in [4.78, 5) is 31.0. The smallest absolute Gasteiger partial charge is 0.226 e. The number of hydrogen-bond acceptors (Lipinski definition) is 4. The number of aromatic nitrogens is 1. The van der Waals surface area contributed by atoms with Crippen LogP contribution in [0.5, 0.6) is 0 Å². The van der Waals surface area contributed by atoms with E-state index in [0.29, 0.717) is 6.54 Å². The summed E-state index contributed by atoms with van der Waals surface area (Å²) in [5.74, 6) is -0.175. The molecule has 6 nitrogen and oxygen atoms in total. The lowest BCUT2D eigenvalue weighted by atomic mass is 9.96. The van der Waals surface area contributed by atoms with Gasteiger partial charge >= 0.3 is 0 Å². The number of anilines is 2. The van der Waals surface area contributed by atoms with E-state index in [1.807, 2.05) is 32.9 Å². The molecule has 3 rings (SSSR count). The van der Waals surface area contributed by atoms with Gasteiger partial charge in [-0.25, -0.2) is 0 Å². The van der Waals surface area contributed by atoms with Gasteiger partial charge in [0.2, 0.25) is 11.8 Å². The van der Waals surface area contributed by atoms with Crippen molar-refractivity contribution in [3.63, 3.8) is 0 Å². The fourth-order valence-corrected chi connectivity index (χ4v) is 3.46. The van der Waals surface area contributed by atoms with Crippen LogP contribution in [0.25, 0.3) is 10.8 Å². The second-order valence-corrected chi connectivity index (χ2v) is 8.41. The van der Waals surface area contributed by atoms with E-state index in [4.69, 9.17) is 0 Å². The molecular weight excluding hydrogens is 352 g/mol. The molecule has 0 atom stereocenters. The molecule has 0 spiro atoms. The molecule has 1 aromatic carbocycles. The monoisotopic (exact) mass is 382 g/mol. The van der Waals surface area contributed by atoms with Gasteiger partial charge in [0.25, 0.3) is 0 Å². The first-order valence-corrected chi connectivity index (χ1v) is 10.1. The first kappa shape index (κ1) is 20.1. The number of piperidine rings is 1. The summed E-state index contributed by atoms with van der Waals surface area (Å²) < 4.78 is 0. The normalized spacial score (nSPS) is 14.8. The Morgan fingerprint density at radius 1 is 1.07 bits per heavy atom. The Labute approximate surface area is 166 Å². The van der Waals surface area contributed by atoms with Crippen LogP contribution in [0.3, 0.4) is 0 Å². The van der Waals surface area contributed by atoms with Crippen LogP contribution < -0.4 is 15.5 Å². The Morgan fingerprint density at radius 3 is 2.54 bits per heavy atom. The molecule has 0 bridgehead atoms. The second kappa shape index (κ2) is 8.59. The van der Waals surface area contributed by atoms with Gasteiger partial charge in [0.05, 0.1) is 5.69 Å². The lowest BCUT2D eigenvalue weighted by Gasteiger charge is -2.30. The highest BCUT2D eigenvalue weighted by molar-refractivity contribution is 6.06. The van der Waals surface area contributed by atoms with Gasteiger partial charge in [-0.1, -0.05) is 20.8 Å². The third kappa shape index (κ3) is 4.80. The molecule has 2 aromatic rings. The van der Waals surface area contributed by atoms with Gasteiger partial charge in [0.15, 0.2) is 0 Å². The number of hydrogen-bond donors (Lipinski definition) is 2. The van der Waals surface area contributed by atoms with E-state index in [0.717, 1.165) is 29.5 Å². The number of fused-ring (bicyclic) bond motifs is 1. The van der Waals surface area contributed by atoms with Crippen molar-refractivity contribution >= 4 is 34.0 Å². The number of benzene rings is 1. The molecule has 150 valence electrons. The highest BCUT2D eigenvalue weighted by Gasteiger charge is 2.21. The Hall–Kier alpha value is -2.63. The van der Waals surface area contributed by atoms with Gasteiger partial charge in [0, 0.05) is 60.3 Å². The summed E-state index contributed by atoms with van der Waals surface area (Å²) in [7, 11) is 0. The Bertz CT molecular complexity index is 851. The maximum atomic E-state index is 12.4. The number of nitrogens with one attached hydrogen (secondary N) is 2. The average molecular weight is 383 g/mol. The van der Waals surface area contributed by atoms with E-state index in [1.165, 1.54) is 24.9 Å². The fourth-order valence-electron chi connectivity index (χ4n) is 3.46. The Balaban J connectivity index is 1.70. The topological polar surface area (TPSA) is 74.3 Å². The van der Waals surface area contributed by atoms with Crippen LogP contribution in [0.15, 0.2) is 30.6 Å². The summed E-state index contributed by atoms with van der Waals surface area (Å²) in [6.45, 7) is 8.01. The minimum Gasteiger partial charge on any atom is -0.371 e. The van der Waals surface area contributed by atoms with Gasteiger partial charge < -0.3 is 15.5 Å². The maximum Gasteiger partial charge on any atom is 0.226 e. The maximum absolute atomic E-state index is 12.4. The van der Waals surface area contributed by atoms with E-state index in [-0.39, 0.29) is 18.2 Å². The predicted octanol–water partition coefficient (Wildman–Crippen LogP) is 3.72. The van der Waals surface area contributed by atoms with Crippen molar-refractivity contribution in [3.05, 3.63) is 30.6 Å².